The second kappa shape index (κ2) is 9.83. The molecule has 0 N–H and O–H groups in total. The lowest BCUT2D eigenvalue weighted by molar-refractivity contribution is -0.00968. The van der Waals surface area contributed by atoms with Crippen LogP contribution in [0.3, 0.4) is 0 Å². The van der Waals surface area contributed by atoms with Gasteiger partial charge in [0.05, 0.1) is 13.2 Å². The summed E-state index contributed by atoms with van der Waals surface area (Å²) < 4.78 is 39.5. The maximum atomic E-state index is 14.9. The lowest BCUT2D eigenvalue weighted by atomic mass is 9.65. The Bertz CT molecular complexity index is 975. The van der Waals surface area contributed by atoms with Crippen molar-refractivity contribution in [3.63, 3.8) is 0 Å². The Morgan fingerprint density at radius 1 is 0.871 bits per heavy atom. The van der Waals surface area contributed by atoms with Crippen LogP contribution in [0.5, 0.6) is 5.75 Å². The van der Waals surface area contributed by atoms with Gasteiger partial charge in [-0.3, -0.25) is 0 Å². The highest BCUT2D eigenvalue weighted by Crippen LogP contribution is 2.47. The average molecular weight is 425 g/mol. The van der Waals surface area contributed by atoms with E-state index in [9.17, 15) is 8.78 Å². The lowest BCUT2D eigenvalue weighted by Gasteiger charge is -2.42. The van der Waals surface area contributed by atoms with E-state index in [2.05, 4.69) is 18.8 Å². The molecule has 4 heteroatoms. The van der Waals surface area contributed by atoms with Crippen molar-refractivity contribution in [3.8, 4) is 17.6 Å². The number of methoxy groups -OCH3 is 1. The topological polar surface area (TPSA) is 18.5 Å². The molecule has 0 radical (unpaired) electrons. The molecule has 2 aromatic carbocycles. The van der Waals surface area contributed by atoms with Crippen LogP contribution in [0, 0.1) is 35.3 Å². The zero-order valence-electron chi connectivity index (χ0n) is 18.3. The van der Waals surface area contributed by atoms with E-state index < -0.39 is 5.82 Å². The number of hydrogen-bond donors (Lipinski definition) is 0. The van der Waals surface area contributed by atoms with Crippen molar-refractivity contribution in [3.05, 3.63) is 64.7 Å². The Labute approximate surface area is 184 Å². The van der Waals surface area contributed by atoms with Crippen LogP contribution < -0.4 is 4.74 Å². The third-order valence-electron chi connectivity index (χ3n) is 6.91. The van der Waals surface area contributed by atoms with Gasteiger partial charge in [0.2, 0.25) is 0 Å². The van der Waals surface area contributed by atoms with Crippen molar-refractivity contribution in [1.82, 2.24) is 0 Å². The van der Waals surface area contributed by atoms with E-state index in [4.69, 9.17) is 9.47 Å². The fraction of sp³-hybridized carbons (Fsp3) is 0.481. The highest BCUT2D eigenvalue weighted by atomic mass is 19.1. The van der Waals surface area contributed by atoms with Gasteiger partial charge in [-0.2, -0.15) is 0 Å². The number of hydrogen-bond acceptors (Lipinski definition) is 2. The summed E-state index contributed by atoms with van der Waals surface area (Å²) in [7, 11) is 1.42. The number of rotatable bonds is 4. The van der Waals surface area contributed by atoms with Crippen molar-refractivity contribution in [2.45, 2.75) is 57.5 Å². The molecule has 2 aliphatic carbocycles. The Kier molecular flexibility index (Phi) is 6.92. The van der Waals surface area contributed by atoms with Crippen molar-refractivity contribution >= 4 is 0 Å². The SMILES string of the molecule is CCOC1CCC2CC(c3ccc(C#Cc4ccc(OC)c(F)c4)cc3F)CCC2C1. The maximum absolute atomic E-state index is 14.9. The van der Waals surface area contributed by atoms with Crippen LogP contribution in [0.4, 0.5) is 8.78 Å². The molecule has 2 aliphatic rings. The fourth-order valence-electron chi connectivity index (χ4n) is 5.34. The first-order chi connectivity index (χ1) is 15.1. The lowest BCUT2D eigenvalue weighted by Crippen LogP contribution is -2.33. The number of fused-ring (bicyclic) bond motifs is 1. The predicted molar refractivity (Wildman–Crippen MR) is 118 cm³/mol. The summed E-state index contributed by atoms with van der Waals surface area (Å²) in [5.41, 5.74) is 1.94. The van der Waals surface area contributed by atoms with Gasteiger partial charge in [0.15, 0.2) is 11.6 Å². The van der Waals surface area contributed by atoms with Gasteiger partial charge in [-0.25, -0.2) is 8.78 Å². The number of halogens is 2. The molecule has 0 heterocycles. The molecule has 0 aromatic heterocycles. The Balaban J connectivity index is 1.42. The molecule has 0 aliphatic heterocycles. The molecule has 4 rings (SSSR count). The van der Waals surface area contributed by atoms with Gasteiger partial charge >= 0.3 is 0 Å². The molecule has 2 fully saturated rings. The van der Waals surface area contributed by atoms with E-state index >= 15 is 0 Å². The van der Waals surface area contributed by atoms with E-state index in [1.54, 1.807) is 12.1 Å². The minimum atomic E-state index is -0.457. The molecule has 4 atom stereocenters. The second-order valence-electron chi connectivity index (χ2n) is 8.76. The Morgan fingerprint density at radius 2 is 1.55 bits per heavy atom. The molecule has 0 bridgehead atoms. The fourth-order valence-corrected chi connectivity index (χ4v) is 5.34. The van der Waals surface area contributed by atoms with Gasteiger partial charge < -0.3 is 9.47 Å². The van der Waals surface area contributed by atoms with Gasteiger partial charge in [0, 0.05) is 17.7 Å². The molecule has 0 amide bonds. The van der Waals surface area contributed by atoms with Crippen molar-refractivity contribution in [2.24, 2.45) is 11.8 Å². The van der Waals surface area contributed by atoms with E-state index in [1.165, 1.54) is 25.7 Å². The zero-order chi connectivity index (χ0) is 21.8. The van der Waals surface area contributed by atoms with Crippen LogP contribution in [0.25, 0.3) is 0 Å². The first-order valence-electron chi connectivity index (χ1n) is 11.3. The number of ether oxygens (including phenoxy) is 2. The summed E-state index contributed by atoms with van der Waals surface area (Å²) in [6, 6.07) is 9.85. The number of benzene rings is 2. The molecule has 164 valence electrons. The molecule has 31 heavy (non-hydrogen) atoms. The smallest absolute Gasteiger partial charge is 0.166 e. The molecule has 0 spiro atoms. The van der Waals surface area contributed by atoms with E-state index in [1.807, 2.05) is 12.1 Å². The third-order valence-corrected chi connectivity index (χ3v) is 6.91. The van der Waals surface area contributed by atoms with Crippen molar-refractivity contribution in [2.75, 3.05) is 13.7 Å². The van der Waals surface area contributed by atoms with Crippen LogP contribution in [-0.4, -0.2) is 19.8 Å². The Hall–Kier alpha value is -2.38. The normalized spacial score (nSPS) is 25.3. The quantitative estimate of drug-likeness (QED) is 0.524. The molecule has 2 aromatic rings. The third kappa shape index (κ3) is 5.10. The van der Waals surface area contributed by atoms with Gasteiger partial charge in [-0.1, -0.05) is 17.9 Å². The zero-order valence-corrected chi connectivity index (χ0v) is 18.3. The van der Waals surface area contributed by atoms with E-state index in [0.717, 1.165) is 50.2 Å². The molecule has 0 saturated heterocycles. The summed E-state index contributed by atoms with van der Waals surface area (Å²) in [5, 5.41) is 0. The summed E-state index contributed by atoms with van der Waals surface area (Å²) in [4.78, 5) is 0. The highest BCUT2D eigenvalue weighted by molar-refractivity contribution is 5.46. The largest absolute Gasteiger partial charge is 0.494 e. The second-order valence-corrected chi connectivity index (χ2v) is 8.76. The molecule has 4 unspecified atom stereocenters. The van der Waals surface area contributed by atoms with Gasteiger partial charge in [-0.15, -0.1) is 0 Å². The maximum Gasteiger partial charge on any atom is 0.166 e. The summed E-state index contributed by atoms with van der Waals surface area (Å²) in [6.07, 6.45) is 7.15. The molecule has 2 saturated carbocycles. The summed E-state index contributed by atoms with van der Waals surface area (Å²) in [5.74, 6) is 7.08. The predicted octanol–water partition coefficient (Wildman–Crippen LogP) is 6.46. The summed E-state index contributed by atoms with van der Waals surface area (Å²) >= 11 is 0. The monoisotopic (exact) mass is 424 g/mol. The van der Waals surface area contributed by atoms with Crippen molar-refractivity contribution in [1.29, 1.82) is 0 Å². The van der Waals surface area contributed by atoms with Crippen LogP contribution in [0.1, 0.15) is 68.1 Å². The molecule has 2 nitrogen and oxygen atoms in total. The minimum absolute atomic E-state index is 0.181. The van der Waals surface area contributed by atoms with Gasteiger partial charge in [-0.05, 0) is 99.1 Å². The first-order valence-corrected chi connectivity index (χ1v) is 11.3. The van der Waals surface area contributed by atoms with Crippen LogP contribution >= 0.6 is 0 Å². The molecular formula is C27H30F2O2. The Morgan fingerprint density at radius 3 is 2.23 bits per heavy atom. The van der Waals surface area contributed by atoms with Crippen LogP contribution in [0.15, 0.2) is 36.4 Å². The standard InChI is InChI=1S/C27H30F2O2/c1-3-31-23-11-10-20-16-22(9-8-21(20)17-23)24-12-6-18(14-25(24)28)4-5-19-7-13-27(30-2)26(29)15-19/h6-7,12-15,20-23H,3,8-11,16-17H2,1-2H3. The first kappa shape index (κ1) is 21.8. The van der Waals surface area contributed by atoms with Gasteiger partial charge in [0.1, 0.15) is 5.82 Å². The minimum Gasteiger partial charge on any atom is -0.494 e. The molecular weight excluding hydrogens is 394 g/mol. The van der Waals surface area contributed by atoms with E-state index in [0.29, 0.717) is 23.1 Å². The van der Waals surface area contributed by atoms with E-state index in [-0.39, 0.29) is 17.5 Å². The van der Waals surface area contributed by atoms with Crippen LogP contribution in [-0.2, 0) is 4.74 Å². The van der Waals surface area contributed by atoms with Crippen molar-refractivity contribution < 1.29 is 18.3 Å². The summed E-state index contributed by atoms with van der Waals surface area (Å²) in [6.45, 7) is 2.85. The van der Waals surface area contributed by atoms with Crippen LogP contribution in [0.2, 0.25) is 0 Å². The van der Waals surface area contributed by atoms with Gasteiger partial charge in [0.25, 0.3) is 0 Å². The average Bonchev–Trinajstić information content (AvgIpc) is 2.78. The highest BCUT2D eigenvalue weighted by Gasteiger charge is 2.36.